The minimum absolute atomic E-state index is 0.0685. The van der Waals surface area contributed by atoms with Crippen LogP contribution in [0, 0.1) is 12.8 Å². The fourth-order valence-electron chi connectivity index (χ4n) is 5.94. The first-order chi connectivity index (χ1) is 20.4. The number of pyridine rings is 1. The number of rotatable bonds is 7. The average Bonchev–Trinajstić information content (AvgIpc) is 3.38. The van der Waals surface area contributed by atoms with Crippen LogP contribution >= 0.6 is 0 Å². The molecule has 216 valence electrons. The minimum atomic E-state index is -0.915. The van der Waals surface area contributed by atoms with Crippen molar-refractivity contribution in [3.8, 4) is 22.9 Å². The Morgan fingerprint density at radius 2 is 1.93 bits per heavy atom. The quantitative estimate of drug-likeness (QED) is 0.275. The van der Waals surface area contributed by atoms with Gasteiger partial charge in [0.15, 0.2) is 0 Å². The highest BCUT2D eigenvalue weighted by Crippen LogP contribution is 2.40. The molecule has 2 aliphatic heterocycles. The average molecular weight is 567 g/mol. The van der Waals surface area contributed by atoms with Gasteiger partial charge in [-0.1, -0.05) is 31.2 Å². The number of amides is 2. The first kappa shape index (κ1) is 27.4. The Hall–Kier alpha value is -4.73. The molecule has 2 aromatic heterocycles. The number of piperidine rings is 1. The predicted molar refractivity (Wildman–Crippen MR) is 161 cm³/mol. The molecule has 2 atom stereocenters. The van der Waals surface area contributed by atoms with E-state index in [1.54, 1.807) is 18.5 Å². The number of aryl methyl sites for hydroxylation is 1. The molecular weight excluding hydrogens is 532 g/mol. The van der Waals surface area contributed by atoms with Crippen LogP contribution in [0.3, 0.4) is 0 Å². The number of benzene rings is 2. The molecule has 10 nitrogen and oxygen atoms in total. The Balaban J connectivity index is 1.31. The summed E-state index contributed by atoms with van der Waals surface area (Å²) in [4.78, 5) is 41.5. The number of ether oxygens (including phenoxy) is 1. The van der Waals surface area contributed by atoms with Gasteiger partial charge in [-0.15, -0.1) is 0 Å². The lowest BCUT2D eigenvalue weighted by atomic mass is 10.0. The Morgan fingerprint density at radius 1 is 1.05 bits per heavy atom. The number of hydrogen-bond acceptors (Lipinski definition) is 7. The van der Waals surface area contributed by atoms with E-state index < -0.39 is 6.09 Å². The molecule has 2 unspecified atom stereocenters. The topological polar surface area (TPSA) is 121 Å². The molecule has 42 heavy (non-hydrogen) atoms. The molecule has 0 aliphatic carbocycles. The summed E-state index contributed by atoms with van der Waals surface area (Å²) in [6.45, 7) is 5.69. The summed E-state index contributed by atoms with van der Waals surface area (Å²) in [6, 6.07) is 15.5. The van der Waals surface area contributed by atoms with Crippen LogP contribution in [-0.2, 0) is 4.79 Å². The number of carbonyl (C=O) groups excluding carboxylic acids is 1. The third kappa shape index (κ3) is 5.32. The lowest BCUT2D eigenvalue weighted by molar-refractivity contribution is -0.120. The van der Waals surface area contributed by atoms with Gasteiger partial charge in [0.1, 0.15) is 5.75 Å². The predicted octanol–water partition coefficient (Wildman–Crippen LogP) is 6.11. The largest absolute Gasteiger partial charge is 0.465 e. The van der Waals surface area contributed by atoms with Crippen LogP contribution in [0.1, 0.15) is 38.2 Å². The summed E-state index contributed by atoms with van der Waals surface area (Å²) in [5, 5.41) is 14.5. The van der Waals surface area contributed by atoms with Crippen molar-refractivity contribution in [2.75, 3.05) is 29.9 Å². The van der Waals surface area contributed by atoms with E-state index in [9.17, 15) is 14.7 Å². The van der Waals surface area contributed by atoms with Crippen LogP contribution in [0.2, 0.25) is 0 Å². The molecule has 0 spiro atoms. The van der Waals surface area contributed by atoms with E-state index in [0.29, 0.717) is 48.5 Å². The molecule has 4 heterocycles. The van der Waals surface area contributed by atoms with E-state index in [1.165, 1.54) is 4.90 Å². The highest BCUT2D eigenvalue weighted by atomic mass is 16.5. The number of nitrogens with one attached hydrogen (secondary N) is 1. The normalized spacial score (nSPS) is 18.9. The third-order valence-corrected chi connectivity index (χ3v) is 8.21. The molecule has 2 N–H and O–H groups in total. The van der Waals surface area contributed by atoms with Gasteiger partial charge >= 0.3 is 6.09 Å². The Labute approximate surface area is 244 Å². The van der Waals surface area contributed by atoms with Gasteiger partial charge in [-0.25, -0.2) is 19.7 Å². The fraction of sp³-hybridized carbons (Fsp3) is 0.344. The van der Waals surface area contributed by atoms with E-state index in [-0.39, 0.29) is 17.9 Å². The highest BCUT2D eigenvalue weighted by molar-refractivity contribution is 6.07. The number of hydrogen-bond donors (Lipinski definition) is 2. The van der Waals surface area contributed by atoms with Crippen molar-refractivity contribution in [2.45, 2.75) is 45.6 Å². The van der Waals surface area contributed by atoms with Gasteiger partial charge in [0.25, 0.3) is 0 Å². The van der Waals surface area contributed by atoms with Crippen LogP contribution in [0.4, 0.5) is 16.4 Å². The summed E-state index contributed by atoms with van der Waals surface area (Å²) >= 11 is 0. The number of likely N-dealkylation sites (tertiary alicyclic amines) is 1. The molecule has 0 bridgehead atoms. The second kappa shape index (κ2) is 11.6. The van der Waals surface area contributed by atoms with E-state index in [4.69, 9.17) is 9.72 Å². The summed E-state index contributed by atoms with van der Waals surface area (Å²) < 4.78 is 6.56. The molecule has 2 aromatic carbocycles. The zero-order chi connectivity index (χ0) is 29.2. The number of fused-ring (bicyclic) bond motifs is 1. The monoisotopic (exact) mass is 566 g/mol. The SMILES string of the molecule is CCC1CCN(c2cccc3c(Oc4ncccc4-c4ccnc(NC5CCCN(C(=O)O)C5)n4)c(C)ccc23)C1=O. The molecular formula is C32H34N6O4. The van der Waals surface area contributed by atoms with Crippen molar-refractivity contribution < 1.29 is 19.4 Å². The number of anilines is 2. The van der Waals surface area contributed by atoms with Gasteiger partial charge in [-0.3, -0.25) is 4.79 Å². The summed E-state index contributed by atoms with van der Waals surface area (Å²) in [7, 11) is 0. The third-order valence-electron chi connectivity index (χ3n) is 8.21. The number of carboxylic acid groups (broad SMARTS) is 1. The van der Waals surface area contributed by atoms with Crippen molar-refractivity contribution in [3.63, 3.8) is 0 Å². The van der Waals surface area contributed by atoms with Crippen LogP contribution in [0.5, 0.6) is 11.6 Å². The van der Waals surface area contributed by atoms with E-state index in [2.05, 4.69) is 28.3 Å². The number of carbonyl (C=O) groups is 2. The van der Waals surface area contributed by atoms with E-state index in [0.717, 1.165) is 47.7 Å². The molecule has 0 radical (unpaired) electrons. The molecule has 0 saturated carbocycles. The van der Waals surface area contributed by atoms with Crippen LogP contribution in [-0.4, -0.2) is 62.6 Å². The van der Waals surface area contributed by atoms with Crippen molar-refractivity contribution in [1.29, 1.82) is 0 Å². The van der Waals surface area contributed by atoms with E-state index >= 15 is 0 Å². The van der Waals surface area contributed by atoms with Crippen molar-refractivity contribution >= 4 is 34.4 Å². The minimum Gasteiger partial charge on any atom is -0.465 e. The van der Waals surface area contributed by atoms with Gasteiger partial charge in [0.2, 0.25) is 17.7 Å². The second-order valence-corrected chi connectivity index (χ2v) is 10.9. The van der Waals surface area contributed by atoms with Crippen molar-refractivity contribution in [1.82, 2.24) is 19.9 Å². The maximum absolute atomic E-state index is 13.1. The van der Waals surface area contributed by atoms with Crippen LogP contribution in [0.25, 0.3) is 22.0 Å². The Morgan fingerprint density at radius 3 is 2.74 bits per heavy atom. The smallest absolute Gasteiger partial charge is 0.407 e. The van der Waals surface area contributed by atoms with Crippen LogP contribution in [0.15, 0.2) is 60.9 Å². The lowest BCUT2D eigenvalue weighted by Gasteiger charge is -2.31. The molecule has 2 amide bonds. The maximum Gasteiger partial charge on any atom is 0.407 e. The molecule has 10 heteroatoms. The number of nitrogens with zero attached hydrogens (tertiary/aromatic N) is 5. The molecule has 2 saturated heterocycles. The summed E-state index contributed by atoms with van der Waals surface area (Å²) in [6.07, 6.45) is 5.77. The van der Waals surface area contributed by atoms with E-state index in [1.807, 2.05) is 48.2 Å². The first-order valence-electron chi connectivity index (χ1n) is 14.5. The standard InChI is InChI=1S/C32H34N6O4/c1-3-21-14-18-38(30(21)39)27-10-4-8-24-23(27)12-11-20(2)28(24)42-29-25(9-5-15-33-29)26-13-16-34-31(36-26)35-22-7-6-17-37(19-22)32(40)41/h4-5,8-13,15-16,21-22H,3,6-7,14,17-19H2,1-2H3,(H,40,41)(H,34,35,36). The Kier molecular flexibility index (Phi) is 7.60. The summed E-state index contributed by atoms with van der Waals surface area (Å²) in [5.41, 5.74) is 3.18. The Bertz CT molecular complexity index is 1640. The molecule has 6 rings (SSSR count). The van der Waals surface area contributed by atoms with Gasteiger partial charge in [-0.05, 0) is 62.4 Å². The fourth-order valence-corrected chi connectivity index (χ4v) is 5.94. The zero-order valence-corrected chi connectivity index (χ0v) is 23.8. The lowest BCUT2D eigenvalue weighted by Crippen LogP contribution is -2.44. The first-order valence-corrected chi connectivity index (χ1v) is 14.5. The maximum atomic E-state index is 13.1. The van der Waals surface area contributed by atoms with Crippen molar-refractivity contribution in [3.05, 3.63) is 66.5 Å². The zero-order valence-electron chi connectivity index (χ0n) is 23.8. The van der Waals surface area contributed by atoms with Gasteiger partial charge in [0.05, 0.1) is 16.9 Å². The highest BCUT2D eigenvalue weighted by Gasteiger charge is 2.32. The van der Waals surface area contributed by atoms with Gasteiger partial charge < -0.3 is 25.0 Å². The molecule has 2 fully saturated rings. The van der Waals surface area contributed by atoms with Gasteiger partial charge in [0, 0.05) is 54.8 Å². The van der Waals surface area contributed by atoms with Gasteiger partial charge in [-0.2, -0.15) is 0 Å². The summed E-state index contributed by atoms with van der Waals surface area (Å²) in [5.74, 6) is 1.75. The number of aromatic nitrogens is 3. The molecule has 2 aliphatic rings. The van der Waals surface area contributed by atoms with Crippen LogP contribution < -0.4 is 15.0 Å². The molecule has 4 aromatic rings. The van der Waals surface area contributed by atoms with Crippen molar-refractivity contribution in [2.24, 2.45) is 5.92 Å². The second-order valence-electron chi connectivity index (χ2n) is 10.9.